The quantitative estimate of drug-likeness (QED) is 0.335. The number of hydrogen-bond donors (Lipinski definition) is 0. The third-order valence-electron chi connectivity index (χ3n) is 0.917. The zero-order valence-corrected chi connectivity index (χ0v) is 7.66. The van der Waals surface area contributed by atoms with Crippen molar-refractivity contribution >= 4 is 20.2 Å². The van der Waals surface area contributed by atoms with Gasteiger partial charge in [0.15, 0.2) is 0 Å². The predicted octanol–water partition coefficient (Wildman–Crippen LogP) is 1.29. The first-order valence-electron chi connectivity index (χ1n) is 2.91. The Labute approximate surface area is 58.0 Å². The van der Waals surface area contributed by atoms with Crippen molar-refractivity contribution in [3.63, 3.8) is 0 Å². The van der Waals surface area contributed by atoms with E-state index in [-0.39, 0.29) is 0 Å². The lowest BCUT2D eigenvalue weighted by atomic mass is 10.2. The van der Waals surface area contributed by atoms with Crippen molar-refractivity contribution in [2.45, 2.75) is 20.3 Å². The molecule has 0 amide bonds. The molecule has 0 saturated heterocycles. The normalized spacial score (nSPS) is 12.0. The van der Waals surface area contributed by atoms with Crippen LogP contribution < -0.4 is 0 Å². The van der Waals surface area contributed by atoms with Crippen LogP contribution in [0.1, 0.15) is 20.3 Å². The Morgan fingerprint density at radius 3 is 2.62 bits per heavy atom. The topological polar surface area (TPSA) is 9.23 Å². The highest BCUT2D eigenvalue weighted by molar-refractivity contribution is 6.89. The van der Waals surface area contributed by atoms with Crippen molar-refractivity contribution < 1.29 is 4.43 Å². The highest BCUT2D eigenvalue weighted by atomic mass is 35.6. The summed E-state index contributed by atoms with van der Waals surface area (Å²) in [7, 11) is -0.657. The molecule has 50 valence electrons. The molecule has 0 rings (SSSR count). The van der Waals surface area contributed by atoms with Crippen LogP contribution in [0.5, 0.6) is 0 Å². The van der Waals surface area contributed by atoms with Gasteiger partial charge in [-0.2, -0.15) is 0 Å². The molecule has 0 aromatic heterocycles. The molecule has 0 aromatic rings. The molecule has 0 aliphatic carbocycles. The fourth-order valence-corrected chi connectivity index (χ4v) is 0.977. The second-order valence-electron chi connectivity index (χ2n) is 2.20. The van der Waals surface area contributed by atoms with Crippen LogP contribution in [0, 0.1) is 5.92 Å². The molecule has 0 aliphatic heterocycles. The van der Waals surface area contributed by atoms with Gasteiger partial charge in [-0.15, -0.1) is 11.1 Å². The average Bonchev–Trinajstić information content (AvgIpc) is 1.66. The van der Waals surface area contributed by atoms with Crippen LogP contribution in [-0.2, 0) is 4.43 Å². The first-order chi connectivity index (χ1) is 3.77. The smallest absolute Gasteiger partial charge is 0.258 e. The van der Waals surface area contributed by atoms with E-state index >= 15 is 0 Å². The van der Waals surface area contributed by atoms with Crippen LogP contribution in [0.4, 0.5) is 0 Å². The lowest BCUT2D eigenvalue weighted by molar-refractivity contribution is 0.311. The maximum atomic E-state index is 5.40. The summed E-state index contributed by atoms with van der Waals surface area (Å²) in [5.74, 6) is 0.743. The Morgan fingerprint density at radius 2 is 2.25 bits per heavy atom. The highest BCUT2D eigenvalue weighted by Crippen LogP contribution is 1.97. The molecule has 3 heteroatoms. The van der Waals surface area contributed by atoms with Crippen LogP contribution in [-0.4, -0.2) is 15.7 Å². The molecule has 0 aromatic carbocycles. The van der Waals surface area contributed by atoms with Gasteiger partial charge in [-0.3, -0.25) is 0 Å². The van der Waals surface area contributed by atoms with Gasteiger partial charge in [0.2, 0.25) is 0 Å². The minimum absolute atomic E-state index is 0.657. The summed E-state index contributed by atoms with van der Waals surface area (Å²) in [6, 6.07) is 0. The minimum atomic E-state index is -0.657. The van der Waals surface area contributed by atoms with E-state index in [1.54, 1.807) is 0 Å². The van der Waals surface area contributed by atoms with Crippen LogP contribution in [0.15, 0.2) is 0 Å². The standard InChI is InChI=1S/C5H13ClOSi/c1-5(2)3-4-7-8-6/h5H,3-4,8H2,1-2H3. The van der Waals surface area contributed by atoms with Gasteiger partial charge in [0.25, 0.3) is 9.07 Å². The molecule has 0 fully saturated rings. The molecule has 0 aliphatic rings. The Bertz CT molecular complexity index is 49.7. The van der Waals surface area contributed by atoms with E-state index in [9.17, 15) is 0 Å². The van der Waals surface area contributed by atoms with Gasteiger partial charge in [-0.05, 0) is 12.3 Å². The summed E-state index contributed by atoms with van der Waals surface area (Å²) in [5.41, 5.74) is 0. The van der Waals surface area contributed by atoms with Gasteiger partial charge < -0.3 is 4.43 Å². The second-order valence-corrected chi connectivity index (χ2v) is 3.48. The van der Waals surface area contributed by atoms with Crippen LogP contribution in [0.3, 0.4) is 0 Å². The van der Waals surface area contributed by atoms with E-state index in [0.717, 1.165) is 18.9 Å². The predicted molar refractivity (Wildman–Crippen MR) is 39.8 cm³/mol. The first kappa shape index (κ1) is 8.47. The summed E-state index contributed by atoms with van der Waals surface area (Å²) in [6.45, 7) is 5.21. The van der Waals surface area contributed by atoms with E-state index in [0.29, 0.717) is 0 Å². The van der Waals surface area contributed by atoms with Crippen molar-refractivity contribution in [2.24, 2.45) is 5.92 Å². The Balaban J connectivity index is 2.72. The van der Waals surface area contributed by atoms with E-state index in [1.165, 1.54) is 0 Å². The monoisotopic (exact) mass is 152 g/mol. The van der Waals surface area contributed by atoms with Crippen molar-refractivity contribution in [1.82, 2.24) is 0 Å². The lowest BCUT2D eigenvalue weighted by Crippen LogP contribution is -1.98. The maximum absolute atomic E-state index is 5.40. The van der Waals surface area contributed by atoms with Gasteiger partial charge in [0, 0.05) is 6.61 Å². The van der Waals surface area contributed by atoms with Gasteiger partial charge in [-0.25, -0.2) is 0 Å². The summed E-state index contributed by atoms with van der Waals surface area (Å²) >= 11 is 5.40. The molecule has 0 unspecified atom stereocenters. The third kappa shape index (κ3) is 6.47. The van der Waals surface area contributed by atoms with Crippen LogP contribution in [0.2, 0.25) is 0 Å². The molecule has 0 spiro atoms. The Kier molecular flexibility index (Phi) is 5.93. The molecule has 0 bridgehead atoms. The fraction of sp³-hybridized carbons (Fsp3) is 1.00. The van der Waals surface area contributed by atoms with Gasteiger partial charge in [0.05, 0.1) is 0 Å². The number of rotatable bonds is 4. The second kappa shape index (κ2) is 5.60. The maximum Gasteiger partial charge on any atom is 0.258 e. The zero-order valence-electron chi connectivity index (χ0n) is 5.48. The summed E-state index contributed by atoms with van der Waals surface area (Å²) in [6.07, 6.45) is 1.14. The van der Waals surface area contributed by atoms with Gasteiger partial charge in [0.1, 0.15) is 0 Å². The van der Waals surface area contributed by atoms with Gasteiger partial charge >= 0.3 is 0 Å². The van der Waals surface area contributed by atoms with E-state index in [4.69, 9.17) is 15.5 Å². The number of hydrogen-bond acceptors (Lipinski definition) is 1. The molecule has 0 saturated carbocycles. The third-order valence-corrected chi connectivity index (χ3v) is 1.82. The van der Waals surface area contributed by atoms with Gasteiger partial charge in [-0.1, -0.05) is 13.8 Å². The fourth-order valence-electron chi connectivity index (χ4n) is 0.374. The summed E-state index contributed by atoms with van der Waals surface area (Å²) in [4.78, 5) is 0. The molecular formula is C5H13ClOSi. The Hall–Kier alpha value is 0.467. The summed E-state index contributed by atoms with van der Waals surface area (Å²) < 4.78 is 5.05. The lowest BCUT2D eigenvalue weighted by Gasteiger charge is -2.01. The van der Waals surface area contributed by atoms with E-state index in [1.807, 2.05) is 0 Å². The molecular weight excluding hydrogens is 140 g/mol. The van der Waals surface area contributed by atoms with Crippen LogP contribution >= 0.6 is 11.1 Å². The Morgan fingerprint density at radius 1 is 1.62 bits per heavy atom. The molecule has 0 N–H and O–H groups in total. The number of halogens is 1. The van der Waals surface area contributed by atoms with Crippen molar-refractivity contribution in [3.05, 3.63) is 0 Å². The van der Waals surface area contributed by atoms with E-state index in [2.05, 4.69) is 13.8 Å². The average molecular weight is 153 g/mol. The molecule has 0 atom stereocenters. The first-order valence-corrected chi connectivity index (χ1v) is 5.62. The largest absolute Gasteiger partial charge is 0.408 e. The molecule has 0 radical (unpaired) electrons. The van der Waals surface area contributed by atoms with E-state index < -0.39 is 9.07 Å². The van der Waals surface area contributed by atoms with Crippen molar-refractivity contribution in [2.75, 3.05) is 6.61 Å². The molecule has 8 heavy (non-hydrogen) atoms. The van der Waals surface area contributed by atoms with Crippen molar-refractivity contribution in [1.29, 1.82) is 0 Å². The van der Waals surface area contributed by atoms with Crippen LogP contribution in [0.25, 0.3) is 0 Å². The summed E-state index contributed by atoms with van der Waals surface area (Å²) in [5, 5.41) is 0. The molecule has 0 heterocycles. The SMILES string of the molecule is CC(C)CCO[SiH2]Cl. The zero-order chi connectivity index (χ0) is 6.41. The van der Waals surface area contributed by atoms with Crippen molar-refractivity contribution in [3.8, 4) is 0 Å². The minimum Gasteiger partial charge on any atom is -0.408 e. The highest BCUT2D eigenvalue weighted by Gasteiger charge is 1.91. The molecule has 1 nitrogen and oxygen atoms in total.